The van der Waals surface area contributed by atoms with Crippen LogP contribution in [0.1, 0.15) is 38.2 Å². The van der Waals surface area contributed by atoms with Gasteiger partial charge in [0.2, 0.25) is 0 Å². The highest BCUT2D eigenvalue weighted by molar-refractivity contribution is 5.41. The average Bonchev–Trinajstić information content (AvgIpc) is 3.31. The van der Waals surface area contributed by atoms with Crippen molar-refractivity contribution in [2.75, 3.05) is 24.6 Å². The first kappa shape index (κ1) is 13.8. The maximum absolute atomic E-state index is 5.71. The van der Waals surface area contributed by atoms with E-state index in [1.165, 1.54) is 18.4 Å². The Labute approximate surface area is 121 Å². The van der Waals surface area contributed by atoms with Crippen molar-refractivity contribution < 1.29 is 4.74 Å². The first-order chi connectivity index (χ1) is 9.85. The zero-order valence-corrected chi connectivity index (χ0v) is 12.3. The molecule has 1 aromatic rings. The van der Waals surface area contributed by atoms with Crippen molar-refractivity contribution in [2.45, 2.75) is 51.3 Å². The Morgan fingerprint density at radius 1 is 1.30 bits per heavy atom. The topological polar surface area (TPSA) is 37.4 Å². The number of hydrogen-bond donors (Lipinski definition) is 1. The summed E-state index contributed by atoms with van der Waals surface area (Å²) in [5.74, 6) is 1.12. The molecular weight excluding hydrogens is 250 g/mol. The van der Waals surface area contributed by atoms with Crippen LogP contribution in [0.15, 0.2) is 18.3 Å². The molecule has 1 saturated heterocycles. The van der Waals surface area contributed by atoms with Gasteiger partial charge >= 0.3 is 0 Å². The minimum absolute atomic E-state index is 0.441. The average molecular weight is 275 g/mol. The van der Waals surface area contributed by atoms with Crippen molar-refractivity contribution >= 4 is 5.82 Å². The normalized spacial score (nSPS) is 20.4. The second-order valence-corrected chi connectivity index (χ2v) is 5.82. The number of pyridine rings is 1. The number of anilines is 1. The minimum atomic E-state index is 0.441. The third-order valence-electron chi connectivity index (χ3n) is 4.15. The lowest BCUT2D eigenvalue weighted by Gasteiger charge is -2.32. The summed E-state index contributed by atoms with van der Waals surface area (Å²) in [5, 5.41) is 3.56. The number of aromatic nitrogens is 1. The van der Waals surface area contributed by atoms with Crippen LogP contribution in [-0.2, 0) is 11.3 Å². The molecular formula is C16H25N3O. The summed E-state index contributed by atoms with van der Waals surface area (Å²) in [6.45, 7) is 5.97. The van der Waals surface area contributed by atoms with E-state index in [-0.39, 0.29) is 0 Å². The van der Waals surface area contributed by atoms with Gasteiger partial charge in [-0.15, -0.1) is 0 Å². The molecule has 0 amide bonds. The summed E-state index contributed by atoms with van der Waals surface area (Å²) in [7, 11) is 0. The highest BCUT2D eigenvalue weighted by Crippen LogP contribution is 2.22. The maximum atomic E-state index is 5.71. The molecule has 1 aliphatic heterocycles. The number of nitrogens with one attached hydrogen (secondary N) is 1. The molecule has 1 N–H and O–H groups in total. The van der Waals surface area contributed by atoms with Crippen molar-refractivity contribution in [3.8, 4) is 0 Å². The van der Waals surface area contributed by atoms with Crippen LogP contribution in [0.3, 0.4) is 0 Å². The second kappa shape index (κ2) is 6.55. The highest BCUT2D eigenvalue weighted by atomic mass is 16.5. The molecule has 4 heteroatoms. The van der Waals surface area contributed by atoms with Crippen LogP contribution in [0, 0.1) is 0 Å². The van der Waals surface area contributed by atoms with Gasteiger partial charge in [-0.1, -0.05) is 0 Å². The molecule has 2 heterocycles. The molecule has 4 nitrogen and oxygen atoms in total. The van der Waals surface area contributed by atoms with Gasteiger partial charge in [0.05, 0.1) is 6.10 Å². The molecule has 2 fully saturated rings. The predicted octanol–water partition coefficient (Wildman–Crippen LogP) is 2.34. The summed E-state index contributed by atoms with van der Waals surface area (Å²) in [6.07, 6.45) is 7.27. The third kappa shape index (κ3) is 3.70. The molecule has 20 heavy (non-hydrogen) atoms. The number of piperidine rings is 1. The largest absolute Gasteiger partial charge is 0.378 e. The van der Waals surface area contributed by atoms with Crippen molar-refractivity contribution in [1.29, 1.82) is 0 Å². The van der Waals surface area contributed by atoms with E-state index >= 15 is 0 Å². The van der Waals surface area contributed by atoms with Gasteiger partial charge in [0.25, 0.3) is 0 Å². The van der Waals surface area contributed by atoms with E-state index in [1.54, 1.807) is 0 Å². The molecule has 3 rings (SSSR count). The van der Waals surface area contributed by atoms with Crippen LogP contribution in [0.25, 0.3) is 0 Å². The van der Waals surface area contributed by atoms with Crippen LogP contribution in [0.4, 0.5) is 5.82 Å². The second-order valence-electron chi connectivity index (χ2n) is 5.82. The van der Waals surface area contributed by atoms with Crippen LogP contribution in [0.2, 0.25) is 0 Å². The summed E-state index contributed by atoms with van der Waals surface area (Å²) in [5.41, 5.74) is 1.34. The van der Waals surface area contributed by atoms with E-state index in [9.17, 15) is 0 Å². The van der Waals surface area contributed by atoms with E-state index in [4.69, 9.17) is 4.74 Å². The lowest BCUT2D eigenvalue weighted by Crippen LogP contribution is -2.37. The monoisotopic (exact) mass is 275 g/mol. The molecule has 0 radical (unpaired) electrons. The van der Waals surface area contributed by atoms with Crippen molar-refractivity contribution in [3.05, 3.63) is 23.9 Å². The molecule has 0 spiro atoms. The van der Waals surface area contributed by atoms with E-state index in [1.807, 2.05) is 6.20 Å². The summed E-state index contributed by atoms with van der Waals surface area (Å²) in [6, 6.07) is 5.11. The number of rotatable bonds is 6. The molecule has 1 aliphatic carbocycles. The highest BCUT2D eigenvalue weighted by Gasteiger charge is 2.21. The van der Waals surface area contributed by atoms with Gasteiger partial charge in [-0.2, -0.15) is 0 Å². The minimum Gasteiger partial charge on any atom is -0.378 e. The Balaban J connectivity index is 1.55. The van der Waals surface area contributed by atoms with Crippen LogP contribution in [0.5, 0.6) is 0 Å². The Morgan fingerprint density at radius 2 is 2.10 bits per heavy atom. The standard InChI is InChI=1S/C16H25N3O/c1-2-20-15-6-9-19(10-7-15)16-11-13(5-8-17-16)12-18-14-3-4-14/h5,8,11,14-15,18H,2-4,6-7,9-10,12H2,1H3. The van der Waals surface area contributed by atoms with Crippen LogP contribution in [-0.4, -0.2) is 36.8 Å². The fourth-order valence-corrected chi connectivity index (χ4v) is 2.78. The zero-order valence-electron chi connectivity index (χ0n) is 12.3. The molecule has 0 atom stereocenters. The van der Waals surface area contributed by atoms with Gasteiger partial charge in [-0.25, -0.2) is 4.98 Å². The fraction of sp³-hybridized carbons (Fsp3) is 0.688. The first-order valence-corrected chi connectivity index (χ1v) is 7.90. The first-order valence-electron chi connectivity index (χ1n) is 7.90. The Kier molecular flexibility index (Phi) is 4.53. The number of hydrogen-bond acceptors (Lipinski definition) is 4. The zero-order chi connectivity index (χ0) is 13.8. The van der Waals surface area contributed by atoms with E-state index < -0.39 is 0 Å². The van der Waals surface area contributed by atoms with Crippen molar-refractivity contribution in [2.24, 2.45) is 0 Å². The third-order valence-corrected chi connectivity index (χ3v) is 4.15. The Bertz CT molecular complexity index is 425. The molecule has 0 unspecified atom stereocenters. The number of nitrogens with zero attached hydrogens (tertiary/aromatic N) is 2. The van der Waals surface area contributed by atoms with Crippen LogP contribution >= 0.6 is 0 Å². The molecule has 1 saturated carbocycles. The Morgan fingerprint density at radius 3 is 2.80 bits per heavy atom. The van der Waals surface area contributed by atoms with Crippen molar-refractivity contribution in [1.82, 2.24) is 10.3 Å². The molecule has 110 valence electrons. The van der Waals surface area contributed by atoms with Gasteiger partial charge in [0.1, 0.15) is 5.82 Å². The quantitative estimate of drug-likeness (QED) is 0.864. The van der Waals surface area contributed by atoms with E-state index in [0.29, 0.717) is 6.10 Å². The lowest BCUT2D eigenvalue weighted by molar-refractivity contribution is 0.0458. The van der Waals surface area contributed by atoms with Gasteiger partial charge < -0.3 is 15.0 Å². The summed E-state index contributed by atoms with van der Waals surface area (Å²) >= 11 is 0. The molecule has 2 aliphatic rings. The van der Waals surface area contributed by atoms with Crippen LogP contribution < -0.4 is 10.2 Å². The van der Waals surface area contributed by atoms with Gasteiger partial charge in [-0.05, 0) is 50.3 Å². The SMILES string of the molecule is CCOC1CCN(c2cc(CNC3CC3)ccn2)CC1. The Hall–Kier alpha value is -1.13. The summed E-state index contributed by atoms with van der Waals surface area (Å²) in [4.78, 5) is 6.92. The van der Waals surface area contributed by atoms with E-state index in [0.717, 1.165) is 50.9 Å². The van der Waals surface area contributed by atoms with Gasteiger partial charge in [0, 0.05) is 38.5 Å². The van der Waals surface area contributed by atoms with Crippen molar-refractivity contribution in [3.63, 3.8) is 0 Å². The lowest BCUT2D eigenvalue weighted by atomic mass is 10.1. The van der Waals surface area contributed by atoms with Gasteiger partial charge in [-0.3, -0.25) is 0 Å². The predicted molar refractivity (Wildman–Crippen MR) is 81.0 cm³/mol. The van der Waals surface area contributed by atoms with E-state index in [2.05, 4.69) is 34.3 Å². The molecule has 0 bridgehead atoms. The number of ether oxygens (including phenoxy) is 1. The fourth-order valence-electron chi connectivity index (χ4n) is 2.78. The van der Waals surface area contributed by atoms with Gasteiger partial charge in [0.15, 0.2) is 0 Å². The maximum Gasteiger partial charge on any atom is 0.128 e. The molecule has 1 aromatic heterocycles. The smallest absolute Gasteiger partial charge is 0.128 e. The molecule has 0 aromatic carbocycles. The summed E-state index contributed by atoms with van der Waals surface area (Å²) < 4.78 is 5.71.